The minimum Gasteiger partial charge on any atom is -0.287 e. The molecule has 0 aliphatic carbocycles. The molecule has 0 spiro atoms. The van der Waals surface area contributed by atoms with Crippen LogP contribution in [0, 0.1) is 0 Å². The maximum Gasteiger partial charge on any atom is 0.0442 e. The second kappa shape index (κ2) is 9.16. The zero-order chi connectivity index (χ0) is 21.1. The van der Waals surface area contributed by atoms with Crippen molar-refractivity contribution >= 4 is 0 Å². The van der Waals surface area contributed by atoms with E-state index >= 15 is 0 Å². The van der Waals surface area contributed by atoms with E-state index in [2.05, 4.69) is 116 Å². The zero-order valence-electron chi connectivity index (χ0n) is 18.3. The maximum absolute atomic E-state index is 4.26. The van der Waals surface area contributed by atoms with E-state index in [9.17, 15) is 0 Å². The number of hydrogen-bond donors (Lipinski definition) is 0. The van der Waals surface area contributed by atoms with Crippen LogP contribution in [0.3, 0.4) is 0 Å². The first-order valence-corrected chi connectivity index (χ1v) is 11.2. The first kappa shape index (κ1) is 20.8. The van der Waals surface area contributed by atoms with E-state index in [1.165, 1.54) is 17.5 Å². The first-order valence-electron chi connectivity index (χ1n) is 11.2. The minimum atomic E-state index is 0.371. The monoisotopic (exact) mass is 398 g/mol. The van der Waals surface area contributed by atoms with Crippen molar-refractivity contribution in [2.75, 3.05) is 0 Å². The summed E-state index contributed by atoms with van der Waals surface area (Å²) >= 11 is 0. The van der Waals surface area contributed by atoms with E-state index in [0.29, 0.717) is 36.3 Å². The Morgan fingerprint density at radius 3 is 1.97 bits per heavy atom. The van der Waals surface area contributed by atoms with Crippen molar-refractivity contribution in [1.82, 2.24) is 9.80 Å². The van der Waals surface area contributed by atoms with E-state index in [4.69, 9.17) is 0 Å². The molecule has 0 aromatic heterocycles. The van der Waals surface area contributed by atoms with E-state index in [0.717, 1.165) is 6.42 Å². The Hall–Kier alpha value is -2.42. The lowest BCUT2D eigenvalue weighted by molar-refractivity contribution is -0.000942. The van der Waals surface area contributed by atoms with Crippen molar-refractivity contribution in [2.24, 2.45) is 0 Å². The number of benzene rings is 2. The number of allylic oxidation sites excluding steroid dienone is 2. The highest BCUT2D eigenvalue weighted by Gasteiger charge is 2.56. The predicted molar refractivity (Wildman–Crippen MR) is 127 cm³/mol. The van der Waals surface area contributed by atoms with Gasteiger partial charge in [0.1, 0.15) is 0 Å². The average Bonchev–Trinajstić information content (AvgIpc) is 3.35. The first-order chi connectivity index (χ1) is 14.7. The molecule has 2 aromatic rings. The summed E-state index contributed by atoms with van der Waals surface area (Å²) in [5, 5.41) is 0. The lowest BCUT2D eigenvalue weighted by atomic mass is 9.95. The molecule has 2 heteroatoms. The van der Waals surface area contributed by atoms with Crippen molar-refractivity contribution in [2.45, 2.75) is 62.9 Å². The summed E-state index contributed by atoms with van der Waals surface area (Å²) in [6, 6.07) is 24.5. The molecule has 2 heterocycles. The Kier molecular flexibility index (Phi) is 6.36. The molecule has 6 atom stereocenters. The standard InChI is InChI=1S/C28H34N2/c1-5-7-10-19-26-28-20-27(30(26)22(4)24-17-13-9-14-18-24)25(6-2)29(28)21(3)23-15-11-8-12-16-23/h5-18,21-22,25-28H,1-2,19-20H2,3-4H3/b10-7+/t21-,22-,25?,26?,27?,28?/m1/s1. The van der Waals surface area contributed by atoms with Gasteiger partial charge in [-0.25, -0.2) is 0 Å². The topological polar surface area (TPSA) is 6.48 Å². The van der Waals surface area contributed by atoms with Crippen LogP contribution >= 0.6 is 0 Å². The summed E-state index contributed by atoms with van der Waals surface area (Å²) < 4.78 is 0. The Bertz CT molecular complexity index is 872. The molecule has 2 saturated heterocycles. The second-order valence-corrected chi connectivity index (χ2v) is 8.63. The summed E-state index contributed by atoms with van der Waals surface area (Å²) in [6.07, 6.45) is 10.7. The summed E-state index contributed by atoms with van der Waals surface area (Å²) in [5.74, 6) is 0. The third-order valence-corrected chi connectivity index (χ3v) is 7.16. The van der Waals surface area contributed by atoms with E-state index in [-0.39, 0.29) is 0 Å². The largest absolute Gasteiger partial charge is 0.287 e. The van der Waals surface area contributed by atoms with Crippen LogP contribution in [-0.2, 0) is 0 Å². The molecule has 2 fully saturated rings. The predicted octanol–water partition coefficient (Wildman–Crippen LogP) is 6.32. The minimum absolute atomic E-state index is 0.371. The molecule has 0 amide bonds. The summed E-state index contributed by atoms with van der Waals surface area (Å²) in [5.41, 5.74) is 2.79. The van der Waals surface area contributed by atoms with Gasteiger partial charge in [-0.15, -0.1) is 6.58 Å². The van der Waals surface area contributed by atoms with Gasteiger partial charge in [0.15, 0.2) is 0 Å². The van der Waals surface area contributed by atoms with Gasteiger partial charge < -0.3 is 0 Å². The smallest absolute Gasteiger partial charge is 0.0442 e. The fourth-order valence-corrected chi connectivity index (χ4v) is 5.83. The van der Waals surface area contributed by atoms with Gasteiger partial charge in [-0.1, -0.05) is 91.5 Å². The number of nitrogens with zero attached hydrogens (tertiary/aromatic N) is 2. The van der Waals surface area contributed by atoms with Crippen LogP contribution in [0.1, 0.15) is 49.9 Å². The molecule has 0 N–H and O–H groups in total. The lowest BCUT2D eigenvalue weighted by Gasteiger charge is -2.49. The summed E-state index contributed by atoms with van der Waals surface area (Å²) in [4.78, 5) is 5.50. The molecule has 2 aliphatic rings. The molecule has 4 unspecified atom stereocenters. The number of fused-ring (bicyclic) bond motifs is 2. The van der Waals surface area contributed by atoms with Gasteiger partial charge in [-0.3, -0.25) is 9.80 Å². The second-order valence-electron chi connectivity index (χ2n) is 8.63. The molecular weight excluding hydrogens is 364 g/mol. The maximum atomic E-state index is 4.26. The molecule has 2 aromatic carbocycles. The van der Waals surface area contributed by atoms with Gasteiger partial charge in [0.2, 0.25) is 0 Å². The molecule has 4 rings (SSSR count). The Labute approximate surface area is 182 Å². The quantitative estimate of drug-likeness (QED) is 0.379. The fraction of sp³-hybridized carbons (Fsp3) is 0.357. The molecule has 0 saturated carbocycles. The lowest BCUT2D eigenvalue weighted by Crippen LogP contribution is -2.58. The third-order valence-electron chi connectivity index (χ3n) is 7.16. The van der Waals surface area contributed by atoms with E-state index < -0.39 is 0 Å². The van der Waals surface area contributed by atoms with Gasteiger partial charge in [0.05, 0.1) is 0 Å². The summed E-state index contributed by atoms with van der Waals surface area (Å²) in [7, 11) is 0. The van der Waals surface area contributed by atoms with Crippen LogP contribution in [0.4, 0.5) is 0 Å². The van der Waals surface area contributed by atoms with Crippen LogP contribution in [0.25, 0.3) is 0 Å². The highest BCUT2D eigenvalue weighted by atomic mass is 15.4. The van der Waals surface area contributed by atoms with Crippen LogP contribution in [0.2, 0.25) is 0 Å². The highest BCUT2D eigenvalue weighted by molar-refractivity contribution is 5.27. The Balaban J connectivity index is 1.67. The molecule has 0 radical (unpaired) electrons. The molecule has 2 aliphatic heterocycles. The van der Waals surface area contributed by atoms with Crippen LogP contribution in [-0.4, -0.2) is 34.0 Å². The zero-order valence-corrected chi connectivity index (χ0v) is 18.3. The SMILES string of the molecule is C=C/C=C/CC1C2CC(C(C=C)N2[C@H](C)c2ccccc2)N1[C@H](C)c1ccccc1. The van der Waals surface area contributed by atoms with Crippen molar-refractivity contribution in [1.29, 1.82) is 0 Å². The van der Waals surface area contributed by atoms with Gasteiger partial charge in [0.25, 0.3) is 0 Å². The van der Waals surface area contributed by atoms with E-state index in [1.54, 1.807) is 0 Å². The van der Waals surface area contributed by atoms with Crippen molar-refractivity contribution in [3.8, 4) is 0 Å². The molecule has 2 bridgehead atoms. The number of likely N-dealkylation sites (tertiary alicyclic amines) is 2. The van der Waals surface area contributed by atoms with E-state index in [1.807, 2.05) is 6.08 Å². The van der Waals surface area contributed by atoms with Crippen LogP contribution in [0.15, 0.2) is 98.1 Å². The van der Waals surface area contributed by atoms with Crippen molar-refractivity contribution < 1.29 is 0 Å². The Morgan fingerprint density at radius 2 is 1.43 bits per heavy atom. The van der Waals surface area contributed by atoms with Crippen molar-refractivity contribution in [3.63, 3.8) is 0 Å². The number of hydrogen-bond acceptors (Lipinski definition) is 2. The highest BCUT2D eigenvalue weighted by Crippen LogP contribution is 2.49. The number of rotatable bonds is 8. The summed E-state index contributed by atoms with van der Waals surface area (Å²) in [6.45, 7) is 12.8. The fourth-order valence-electron chi connectivity index (χ4n) is 5.83. The molecule has 30 heavy (non-hydrogen) atoms. The van der Waals surface area contributed by atoms with Gasteiger partial charge in [0, 0.05) is 36.3 Å². The van der Waals surface area contributed by atoms with Crippen LogP contribution in [0.5, 0.6) is 0 Å². The Morgan fingerprint density at radius 1 is 0.867 bits per heavy atom. The van der Waals surface area contributed by atoms with Gasteiger partial charge >= 0.3 is 0 Å². The molecule has 156 valence electrons. The molecule has 2 nitrogen and oxygen atoms in total. The van der Waals surface area contributed by atoms with Gasteiger partial charge in [-0.05, 0) is 37.8 Å². The third kappa shape index (κ3) is 3.71. The number of piperazine rings is 1. The van der Waals surface area contributed by atoms with Crippen LogP contribution < -0.4 is 0 Å². The molecular formula is C28H34N2. The average molecular weight is 399 g/mol. The normalized spacial score (nSPS) is 28.6. The van der Waals surface area contributed by atoms with Crippen molar-refractivity contribution in [3.05, 3.63) is 109 Å². The van der Waals surface area contributed by atoms with Gasteiger partial charge in [-0.2, -0.15) is 0 Å².